The van der Waals surface area contributed by atoms with Crippen LogP contribution < -0.4 is 5.32 Å². The van der Waals surface area contributed by atoms with Crippen molar-refractivity contribution in [1.29, 1.82) is 0 Å². The third-order valence-corrected chi connectivity index (χ3v) is 3.42. The highest BCUT2D eigenvalue weighted by Crippen LogP contribution is 2.10. The van der Waals surface area contributed by atoms with Crippen molar-refractivity contribution < 1.29 is 0 Å². The SMILES string of the molecule is CCCNC(C)Cc1ccc(Cc2ccccn2)cc1. The van der Waals surface area contributed by atoms with Crippen molar-refractivity contribution in [2.24, 2.45) is 0 Å². The van der Waals surface area contributed by atoms with Gasteiger partial charge in [0.25, 0.3) is 0 Å². The zero-order valence-electron chi connectivity index (χ0n) is 12.5. The lowest BCUT2D eigenvalue weighted by Crippen LogP contribution is -2.28. The van der Waals surface area contributed by atoms with E-state index in [0.717, 1.165) is 25.1 Å². The first-order chi connectivity index (χ1) is 9.78. The predicted octanol–water partition coefficient (Wildman–Crippen LogP) is 3.60. The average molecular weight is 268 g/mol. The molecule has 1 aromatic heterocycles. The number of aromatic nitrogens is 1. The molecule has 0 amide bonds. The van der Waals surface area contributed by atoms with Gasteiger partial charge in [0, 0.05) is 24.4 Å². The highest BCUT2D eigenvalue weighted by atomic mass is 14.9. The van der Waals surface area contributed by atoms with E-state index >= 15 is 0 Å². The van der Waals surface area contributed by atoms with Crippen molar-refractivity contribution in [3.05, 3.63) is 65.5 Å². The standard InChI is InChI=1S/C18H24N2/c1-3-11-19-15(2)13-16-7-9-17(10-8-16)14-18-6-4-5-12-20-18/h4-10,12,15,19H,3,11,13-14H2,1-2H3. The molecule has 0 aliphatic rings. The molecule has 20 heavy (non-hydrogen) atoms. The molecule has 1 aromatic carbocycles. The van der Waals surface area contributed by atoms with Crippen LogP contribution in [0.1, 0.15) is 37.1 Å². The first kappa shape index (κ1) is 14.7. The molecule has 2 nitrogen and oxygen atoms in total. The van der Waals surface area contributed by atoms with Gasteiger partial charge < -0.3 is 5.32 Å². The van der Waals surface area contributed by atoms with Gasteiger partial charge in [0.15, 0.2) is 0 Å². The van der Waals surface area contributed by atoms with E-state index in [-0.39, 0.29) is 0 Å². The lowest BCUT2D eigenvalue weighted by atomic mass is 10.0. The Labute approximate surface area is 122 Å². The average Bonchev–Trinajstić information content (AvgIpc) is 2.48. The minimum atomic E-state index is 0.539. The molecule has 0 spiro atoms. The summed E-state index contributed by atoms with van der Waals surface area (Å²) in [4.78, 5) is 4.37. The Balaban J connectivity index is 1.89. The molecule has 0 aliphatic heterocycles. The van der Waals surface area contributed by atoms with Gasteiger partial charge in [-0.2, -0.15) is 0 Å². The van der Waals surface area contributed by atoms with Crippen LogP contribution in [-0.2, 0) is 12.8 Å². The van der Waals surface area contributed by atoms with Crippen LogP contribution in [-0.4, -0.2) is 17.6 Å². The van der Waals surface area contributed by atoms with Gasteiger partial charge in [-0.3, -0.25) is 4.98 Å². The Morgan fingerprint density at radius 2 is 1.80 bits per heavy atom. The van der Waals surface area contributed by atoms with Crippen molar-refractivity contribution in [3.8, 4) is 0 Å². The topological polar surface area (TPSA) is 24.9 Å². The predicted molar refractivity (Wildman–Crippen MR) is 84.9 cm³/mol. The molecule has 2 heteroatoms. The molecular weight excluding hydrogens is 244 g/mol. The van der Waals surface area contributed by atoms with Crippen LogP contribution in [0.3, 0.4) is 0 Å². The number of hydrogen-bond donors (Lipinski definition) is 1. The first-order valence-electron chi connectivity index (χ1n) is 7.49. The molecule has 2 rings (SSSR count). The zero-order chi connectivity index (χ0) is 14.2. The van der Waals surface area contributed by atoms with E-state index in [1.54, 1.807) is 0 Å². The highest BCUT2D eigenvalue weighted by Gasteiger charge is 2.03. The monoisotopic (exact) mass is 268 g/mol. The minimum absolute atomic E-state index is 0.539. The van der Waals surface area contributed by atoms with E-state index in [4.69, 9.17) is 0 Å². The van der Waals surface area contributed by atoms with Crippen LogP contribution >= 0.6 is 0 Å². The summed E-state index contributed by atoms with van der Waals surface area (Å²) < 4.78 is 0. The van der Waals surface area contributed by atoms with E-state index in [1.807, 2.05) is 18.3 Å². The number of rotatable bonds is 7. The quantitative estimate of drug-likeness (QED) is 0.830. The van der Waals surface area contributed by atoms with Gasteiger partial charge in [0.2, 0.25) is 0 Å². The van der Waals surface area contributed by atoms with Crippen molar-refractivity contribution in [2.75, 3.05) is 6.54 Å². The van der Waals surface area contributed by atoms with Gasteiger partial charge >= 0.3 is 0 Å². The van der Waals surface area contributed by atoms with Crippen molar-refractivity contribution in [1.82, 2.24) is 10.3 Å². The van der Waals surface area contributed by atoms with E-state index in [0.29, 0.717) is 6.04 Å². The smallest absolute Gasteiger partial charge is 0.0447 e. The Bertz CT molecular complexity index is 491. The fourth-order valence-electron chi connectivity index (χ4n) is 2.32. The summed E-state index contributed by atoms with van der Waals surface area (Å²) in [6.45, 7) is 5.54. The summed E-state index contributed by atoms with van der Waals surface area (Å²) in [6.07, 6.45) is 5.03. The number of benzene rings is 1. The summed E-state index contributed by atoms with van der Waals surface area (Å²) in [6, 6.07) is 15.5. The van der Waals surface area contributed by atoms with E-state index in [1.165, 1.54) is 17.5 Å². The van der Waals surface area contributed by atoms with Crippen LogP contribution in [0.5, 0.6) is 0 Å². The molecule has 0 radical (unpaired) electrons. The summed E-state index contributed by atoms with van der Waals surface area (Å²) in [5, 5.41) is 3.53. The third-order valence-electron chi connectivity index (χ3n) is 3.42. The van der Waals surface area contributed by atoms with Gasteiger partial charge in [-0.25, -0.2) is 0 Å². The van der Waals surface area contributed by atoms with Gasteiger partial charge in [-0.15, -0.1) is 0 Å². The number of nitrogens with zero attached hydrogens (tertiary/aromatic N) is 1. The van der Waals surface area contributed by atoms with Crippen LogP contribution in [0.15, 0.2) is 48.7 Å². The second-order valence-electron chi connectivity index (χ2n) is 5.37. The fraction of sp³-hybridized carbons (Fsp3) is 0.389. The summed E-state index contributed by atoms with van der Waals surface area (Å²) in [5.41, 5.74) is 3.84. The maximum atomic E-state index is 4.37. The Morgan fingerprint density at radius 1 is 1.05 bits per heavy atom. The molecular formula is C18H24N2. The number of nitrogens with one attached hydrogen (secondary N) is 1. The Hall–Kier alpha value is -1.67. The van der Waals surface area contributed by atoms with Crippen molar-refractivity contribution in [3.63, 3.8) is 0 Å². The molecule has 0 fully saturated rings. The maximum Gasteiger partial charge on any atom is 0.0447 e. The first-order valence-corrected chi connectivity index (χ1v) is 7.49. The molecule has 0 saturated heterocycles. The van der Waals surface area contributed by atoms with E-state index in [9.17, 15) is 0 Å². The molecule has 106 valence electrons. The molecule has 0 bridgehead atoms. The zero-order valence-corrected chi connectivity index (χ0v) is 12.5. The molecule has 1 N–H and O–H groups in total. The van der Waals surface area contributed by atoms with Crippen LogP contribution in [0.2, 0.25) is 0 Å². The minimum Gasteiger partial charge on any atom is -0.314 e. The number of hydrogen-bond acceptors (Lipinski definition) is 2. The lowest BCUT2D eigenvalue weighted by Gasteiger charge is -2.13. The summed E-state index contributed by atoms with van der Waals surface area (Å²) >= 11 is 0. The van der Waals surface area contributed by atoms with Crippen LogP contribution in [0.4, 0.5) is 0 Å². The fourth-order valence-corrected chi connectivity index (χ4v) is 2.32. The molecule has 1 atom stereocenters. The highest BCUT2D eigenvalue weighted by molar-refractivity contribution is 5.26. The van der Waals surface area contributed by atoms with E-state index < -0.39 is 0 Å². The van der Waals surface area contributed by atoms with Gasteiger partial charge in [-0.1, -0.05) is 37.3 Å². The van der Waals surface area contributed by atoms with Crippen molar-refractivity contribution >= 4 is 0 Å². The van der Waals surface area contributed by atoms with Crippen molar-refractivity contribution in [2.45, 2.75) is 39.2 Å². The van der Waals surface area contributed by atoms with E-state index in [2.05, 4.69) is 54.5 Å². The normalized spacial score (nSPS) is 12.3. The third kappa shape index (κ3) is 4.78. The summed E-state index contributed by atoms with van der Waals surface area (Å²) in [7, 11) is 0. The Kier molecular flexibility index (Phi) is 5.75. The largest absolute Gasteiger partial charge is 0.314 e. The molecule has 0 saturated carbocycles. The Morgan fingerprint density at radius 3 is 2.45 bits per heavy atom. The van der Waals surface area contributed by atoms with Crippen LogP contribution in [0, 0.1) is 0 Å². The lowest BCUT2D eigenvalue weighted by molar-refractivity contribution is 0.543. The molecule has 2 aromatic rings. The van der Waals surface area contributed by atoms with Gasteiger partial charge in [0.05, 0.1) is 0 Å². The van der Waals surface area contributed by atoms with Crippen LogP contribution in [0.25, 0.3) is 0 Å². The molecule has 1 heterocycles. The van der Waals surface area contributed by atoms with Gasteiger partial charge in [-0.05, 0) is 49.6 Å². The molecule has 1 unspecified atom stereocenters. The second-order valence-corrected chi connectivity index (χ2v) is 5.37. The number of pyridine rings is 1. The second kappa shape index (κ2) is 7.81. The molecule has 0 aliphatic carbocycles. The maximum absolute atomic E-state index is 4.37. The summed E-state index contributed by atoms with van der Waals surface area (Å²) in [5.74, 6) is 0. The van der Waals surface area contributed by atoms with Gasteiger partial charge in [0.1, 0.15) is 0 Å².